The van der Waals surface area contributed by atoms with Crippen molar-refractivity contribution in [2.24, 2.45) is 5.92 Å². The van der Waals surface area contributed by atoms with Gasteiger partial charge in [-0.15, -0.1) is 0 Å². The van der Waals surface area contributed by atoms with Crippen molar-refractivity contribution < 1.29 is 19.5 Å². The number of unbranched alkanes of at least 4 members (excludes halogenated alkanes) is 11. The summed E-state index contributed by atoms with van der Waals surface area (Å²) in [5, 5.41) is 8.69. The van der Waals surface area contributed by atoms with Crippen LogP contribution in [0.3, 0.4) is 0 Å². The molecule has 1 N–H and O–H groups in total. The molecule has 0 fully saturated rings. The van der Waals surface area contributed by atoms with Gasteiger partial charge in [0.2, 0.25) is 0 Å². The van der Waals surface area contributed by atoms with Crippen molar-refractivity contribution >= 4 is 17.5 Å². The topological polar surface area (TPSA) is 71.4 Å². The Morgan fingerprint density at radius 2 is 1.21 bits per heavy atom. The minimum Gasteiger partial charge on any atom is -0.481 e. The molecule has 0 rings (SSSR count). The van der Waals surface area contributed by atoms with Crippen LogP contribution in [0.5, 0.6) is 0 Å². The third kappa shape index (κ3) is 15.6. The highest BCUT2D eigenvalue weighted by molar-refractivity contribution is 6.07. The van der Waals surface area contributed by atoms with E-state index in [0.29, 0.717) is 12.8 Å². The fourth-order valence-corrected chi connectivity index (χ4v) is 3.45. The van der Waals surface area contributed by atoms with Gasteiger partial charge in [-0.25, -0.2) is 0 Å². The molecule has 0 aromatic rings. The number of allylic oxidation sites excluding steroid dienone is 2. The van der Waals surface area contributed by atoms with Crippen molar-refractivity contribution in [3.63, 3.8) is 0 Å². The van der Waals surface area contributed by atoms with Crippen LogP contribution in [0.15, 0.2) is 12.2 Å². The zero-order valence-corrected chi connectivity index (χ0v) is 18.2. The first-order valence-electron chi connectivity index (χ1n) is 11.4. The van der Waals surface area contributed by atoms with Gasteiger partial charge in [-0.1, -0.05) is 77.4 Å². The summed E-state index contributed by atoms with van der Waals surface area (Å²) >= 11 is 0. The summed E-state index contributed by atoms with van der Waals surface area (Å²) in [6.07, 6.45) is 20.5. The van der Waals surface area contributed by atoms with Crippen molar-refractivity contribution in [2.75, 3.05) is 0 Å². The van der Waals surface area contributed by atoms with Crippen LogP contribution < -0.4 is 0 Å². The molecule has 0 bridgehead atoms. The van der Waals surface area contributed by atoms with E-state index < -0.39 is 24.1 Å². The van der Waals surface area contributed by atoms with Crippen LogP contribution in [-0.2, 0) is 14.4 Å². The first kappa shape index (κ1) is 26.6. The Bertz CT molecular complexity index is 454. The van der Waals surface area contributed by atoms with Gasteiger partial charge in [0.05, 0.1) is 5.92 Å². The van der Waals surface area contributed by atoms with Gasteiger partial charge in [-0.05, 0) is 38.5 Å². The van der Waals surface area contributed by atoms with Gasteiger partial charge < -0.3 is 5.11 Å². The third-order valence-corrected chi connectivity index (χ3v) is 5.20. The molecule has 162 valence electrons. The molecule has 0 saturated carbocycles. The van der Waals surface area contributed by atoms with Crippen LogP contribution >= 0.6 is 0 Å². The largest absolute Gasteiger partial charge is 0.481 e. The number of carboxylic acid groups (broad SMARTS) is 1. The van der Waals surface area contributed by atoms with Crippen LogP contribution in [0, 0.1) is 5.92 Å². The lowest BCUT2D eigenvalue weighted by molar-refractivity contribution is -0.142. The Kier molecular flexibility index (Phi) is 17.9. The van der Waals surface area contributed by atoms with E-state index in [1.165, 1.54) is 57.8 Å². The smallest absolute Gasteiger partial charge is 0.310 e. The zero-order chi connectivity index (χ0) is 21.0. The molecule has 0 aromatic carbocycles. The summed E-state index contributed by atoms with van der Waals surface area (Å²) in [5.41, 5.74) is 0. The number of carbonyl (C=O) groups is 3. The summed E-state index contributed by atoms with van der Waals surface area (Å²) in [7, 11) is 0. The Morgan fingerprint density at radius 3 is 1.71 bits per heavy atom. The van der Waals surface area contributed by atoms with Gasteiger partial charge in [0, 0.05) is 6.42 Å². The molecule has 0 aromatic heterocycles. The normalized spacial score (nSPS) is 12.4. The lowest BCUT2D eigenvalue weighted by Crippen LogP contribution is -2.25. The second-order valence-corrected chi connectivity index (χ2v) is 7.80. The van der Waals surface area contributed by atoms with Crippen molar-refractivity contribution in [1.82, 2.24) is 0 Å². The zero-order valence-electron chi connectivity index (χ0n) is 18.2. The van der Waals surface area contributed by atoms with E-state index >= 15 is 0 Å². The summed E-state index contributed by atoms with van der Waals surface area (Å²) in [6.45, 7) is 4.01. The number of rotatable bonds is 20. The predicted octanol–water partition coefficient (Wildman–Crippen LogP) is 6.66. The van der Waals surface area contributed by atoms with Crippen molar-refractivity contribution in [1.29, 1.82) is 0 Å². The number of hydrogen-bond acceptors (Lipinski definition) is 3. The second kappa shape index (κ2) is 18.9. The predicted molar refractivity (Wildman–Crippen MR) is 115 cm³/mol. The van der Waals surface area contributed by atoms with E-state index in [1.54, 1.807) is 6.92 Å². The molecule has 0 radical (unpaired) electrons. The first-order valence-corrected chi connectivity index (χ1v) is 11.4. The van der Waals surface area contributed by atoms with Crippen LogP contribution in [0.25, 0.3) is 0 Å². The average molecular weight is 395 g/mol. The molecule has 28 heavy (non-hydrogen) atoms. The first-order chi connectivity index (χ1) is 13.5. The van der Waals surface area contributed by atoms with Gasteiger partial charge >= 0.3 is 5.97 Å². The third-order valence-electron chi connectivity index (χ3n) is 5.20. The van der Waals surface area contributed by atoms with Crippen LogP contribution in [0.4, 0.5) is 0 Å². The summed E-state index contributed by atoms with van der Waals surface area (Å²) in [5.74, 6) is -2.43. The quantitative estimate of drug-likeness (QED) is 0.142. The summed E-state index contributed by atoms with van der Waals surface area (Å²) in [6, 6.07) is 0. The van der Waals surface area contributed by atoms with Gasteiger partial charge in [-0.3, -0.25) is 14.4 Å². The number of Topliss-reactive ketones (excluding diaryl/α,β-unsaturated/α-hetero) is 2. The highest BCUT2D eigenvalue weighted by atomic mass is 16.4. The minimum absolute atomic E-state index is 0.0913. The van der Waals surface area contributed by atoms with Gasteiger partial charge in [0.15, 0.2) is 5.78 Å². The Balaban J connectivity index is 3.58. The maximum atomic E-state index is 12.1. The molecule has 0 amide bonds. The lowest BCUT2D eigenvalue weighted by atomic mass is 9.91. The van der Waals surface area contributed by atoms with E-state index in [4.69, 9.17) is 5.11 Å². The van der Waals surface area contributed by atoms with Gasteiger partial charge in [0.25, 0.3) is 0 Å². The molecule has 0 aliphatic rings. The number of ketones is 2. The Morgan fingerprint density at radius 1 is 0.714 bits per heavy atom. The number of carboxylic acids is 1. The SMILES string of the molecule is CCCCCCCC/C=C\CCCCCCCC(=O)C(CC)C(=O)CC(=O)O. The van der Waals surface area contributed by atoms with E-state index in [1.807, 2.05) is 0 Å². The molecule has 1 unspecified atom stereocenters. The molecule has 4 nitrogen and oxygen atoms in total. The Labute approximate surface area is 172 Å². The molecular weight excluding hydrogens is 352 g/mol. The van der Waals surface area contributed by atoms with Crippen LogP contribution in [0.1, 0.15) is 117 Å². The number of aliphatic carboxylic acids is 1. The highest BCUT2D eigenvalue weighted by Crippen LogP contribution is 2.15. The van der Waals surface area contributed by atoms with E-state index in [2.05, 4.69) is 19.1 Å². The summed E-state index contributed by atoms with van der Waals surface area (Å²) < 4.78 is 0. The Hall–Kier alpha value is -1.45. The lowest BCUT2D eigenvalue weighted by Gasteiger charge is -2.11. The fourth-order valence-electron chi connectivity index (χ4n) is 3.45. The van der Waals surface area contributed by atoms with Crippen LogP contribution in [0.2, 0.25) is 0 Å². The highest BCUT2D eigenvalue weighted by Gasteiger charge is 2.25. The molecule has 0 aliphatic carbocycles. The summed E-state index contributed by atoms with van der Waals surface area (Å²) in [4.78, 5) is 34.5. The minimum atomic E-state index is -1.16. The standard InChI is InChI=1S/C24H42O4/c1-3-5-6-7-8-9-10-11-12-13-14-15-16-17-18-19-22(25)21(4-2)23(26)20-24(27)28/h11-12,21H,3-10,13-20H2,1-2H3,(H,27,28)/b12-11-. The fraction of sp³-hybridized carbons (Fsp3) is 0.792. The number of carbonyl (C=O) groups excluding carboxylic acids is 2. The van der Waals surface area contributed by atoms with Gasteiger partial charge in [-0.2, -0.15) is 0 Å². The molecule has 0 heterocycles. The molecule has 0 saturated heterocycles. The molecule has 1 atom stereocenters. The molecule has 4 heteroatoms. The van der Waals surface area contributed by atoms with Crippen molar-refractivity contribution in [3.8, 4) is 0 Å². The van der Waals surface area contributed by atoms with E-state index in [-0.39, 0.29) is 5.78 Å². The monoisotopic (exact) mass is 394 g/mol. The maximum absolute atomic E-state index is 12.1. The molecule has 0 aliphatic heterocycles. The average Bonchev–Trinajstić information content (AvgIpc) is 2.64. The molecular formula is C24H42O4. The van der Waals surface area contributed by atoms with Crippen molar-refractivity contribution in [2.45, 2.75) is 117 Å². The second-order valence-electron chi connectivity index (χ2n) is 7.80. The molecule has 0 spiro atoms. The number of hydrogen-bond donors (Lipinski definition) is 1. The van der Waals surface area contributed by atoms with E-state index in [0.717, 1.165) is 25.7 Å². The van der Waals surface area contributed by atoms with Crippen molar-refractivity contribution in [3.05, 3.63) is 12.2 Å². The van der Waals surface area contributed by atoms with Crippen LogP contribution in [-0.4, -0.2) is 22.6 Å². The van der Waals surface area contributed by atoms with Gasteiger partial charge in [0.1, 0.15) is 12.2 Å². The maximum Gasteiger partial charge on any atom is 0.310 e. The van der Waals surface area contributed by atoms with E-state index in [9.17, 15) is 14.4 Å².